The zero-order chi connectivity index (χ0) is 20.8. The van der Waals surface area contributed by atoms with Crippen molar-refractivity contribution in [2.75, 3.05) is 31.9 Å². The molecule has 1 aliphatic heterocycles. The van der Waals surface area contributed by atoms with E-state index in [-0.39, 0.29) is 5.91 Å². The molecular weight excluding hydrogens is 418 g/mol. The second-order valence-corrected chi connectivity index (χ2v) is 9.30. The van der Waals surface area contributed by atoms with Crippen molar-refractivity contribution < 1.29 is 9.32 Å². The van der Waals surface area contributed by atoms with Crippen molar-refractivity contribution in [2.45, 2.75) is 32.2 Å². The number of hydrogen-bond acceptors (Lipinski definition) is 7. The molecule has 7 nitrogen and oxygen atoms in total. The van der Waals surface area contributed by atoms with Crippen LogP contribution in [0.5, 0.6) is 0 Å². The van der Waals surface area contributed by atoms with Crippen LogP contribution in [0.25, 0.3) is 10.6 Å². The van der Waals surface area contributed by atoms with Crippen molar-refractivity contribution in [3.05, 3.63) is 47.2 Å². The fraction of sp³-hybridized carbons (Fsp3) is 0.476. The SMILES string of the molecule is CCn1cc(CN2CCCN(C(=O)CSCc3cc(-c4cccs4)on3)CC2)cn1. The van der Waals surface area contributed by atoms with Gasteiger partial charge in [-0.15, -0.1) is 23.1 Å². The summed E-state index contributed by atoms with van der Waals surface area (Å²) < 4.78 is 7.37. The Morgan fingerprint density at radius 1 is 1.30 bits per heavy atom. The standard InChI is InChI=1S/C21H27N5O2S2/c1-2-26-14-17(12-22-26)13-24-6-4-7-25(9-8-24)21(27)16-29-15-18-11-19(28-23-18)20-5-3-10-30-20/h3,5,10-12,14H,2,4,6-9,13,15-16H2,1H3. The van der Waals surface area contributed by atoms with E-state index < -0.39 is 0 Å². The Labute approximate surface area is 185 Å². The van der Waals surface area contributed by atoms with Crippen LogP contribution < -0.4 is 0 Å². The maximum Gasteiger partial charge on any atom is 0.232 e. The minimum atomic E-state index is 0.211. The van der Waals surface area contributed by atoms with Gasteiger partial charge in [0, 0.05) is 62.8 Å². The topological polar surface area (TPSA) is 67.4 Å². The molecule has 30 heavy (non-hydrogen) atoms. The molecule has 160 valence electrons. The van der Waals surface area contributed by atoms with Crippen LogP contribution >= 0.6 is 23.1 Å². The van der Waals surface area contributed by atoms with Crippen molar-refractivity contribution in [3.8, 4) is 10.6 Å². The zero-order valence-electron chi connectivity index (χ0n) is 17.2. The number of amides is 1. The predicted octanol–water partition coefficient (Wildman–Crippen LogP) is 3.59. The van der Waals surface area contributed by atoms with E-state index in [1.165, 1.54) is 5.56 Å². The van der Waals surface area contributed by atoms with Crippen LogP contribution in [-0.4, -0.2) is 62.6 Å². The molecule has 9 heteroatoms. The Kier molecular flexibility index (Phi) is 7.24. The van der Waals surface area contributed by atoms with Gasteiger partial charge < -0.3 is 9.42 Å². The molecule has 1 amide bonds. The summed E-state index contributed by atoms with van der Waals surface area (Å²) in [6.45, 7) is 7.42. The highest BCUT2D eigenvalue weighted by molar-refractivity contribution is 7.99. The number of thiophene rings is 1. The van der Waals surface area contributed by atoms with Gasteiger partial charge in [-0.05, 0) is 24.8 Å². The Morgan fingerprint density at radius 2 is 2.23 bits per heavy atom. The molecule has 3 aromatic rings. The van der Waals surface area contributed by atoms with E-state index in [1.54, 1.807) is 23.1 Å². The Bertz CT molecular complexity index is 937. The second-order valence-electron chi connectivity index (χ2n) is 7.37. The van der Waals surface area contributed by atoms with E-state index in [2.05, 4.69) is 28.3 Å². The molecule has 1 fully saturated rings. The summed E-state index contributed by atoms with van der Waals surface area (Å²) in [6, 6.07) is 5.98. The molecule has 1 saturated heterocycles. The largest absolute Gasteiger partial charge is 0.355 e. The van der Waals surface area contributed by atoms with Crippen molar-refractivity contribution in [1.29, 1.82) is 0 Å². The van der Waals surface area contributed by atoms with Gasteiger partial charge in [-0.2, -0.15) is 5.10 Å². The summed E-state index contributed by atoms with van der Waals surface area (Å²) in [4.78, 5) is 18.2. The minimum Gasteiger partial charge on any atom is -0.355 e. The number of carbonyl (C=O) groups excluding carboxylic acids is 1. The third kappa shape index (κ3) is 5.53. The van der Waals surface area contributed by atoms with E-state index in [9.17, 15) is 4.79 Å². The Hall–Kier alpha value is -2.10. The van der Waals surface area contributed by atoms with Crippen molar-refractivity contribution in [2.24, 2.45) is 0 Å². The molecular formula is C21H27N5O2S2. The average Bonchev–Trinajstić information content (AvgIpc) is 3.49. The van der Waals surface area contributed by atoms with E-state index in [0.29, 0.717) is 11.5 Å². The maximum atomic E-state index is 12.7. The van der Waals surface area contributed by atoms with Crippen molar-refractivity contribution >= 4 is 29.0 Å². The Balaban J connectivity index is 1.20. The number of hydrogen-bond donors (Lipinski definition) is 0. The highest BCUT2D eigenvalue weighted by atomic mass is 32.2. The monoisotopic (exact) mass is 445 g/mol. The van der Waals surface area contributed by atoms with Gasteiger partial charge in [0.25, 0.3) is 0 Å². The summed E-state index contributed by atoms with van der Waals surface area (Å²) in [5.41, 5.74) is 2.12. The highest BCUT2D eigenvalue weighted by Gasteiger charge is 2.19. The smallest absolute Gasteiger partial charge is 0.232 e. The minimum absolute atomic E-state index is 0.211. The number of aromatic nitrogens is 3. The molecule has 4 rings (SSSR count). The molecule has 1 aliphatic rings. The fourth-order valence-electron chi connectivity index (χ4n) is 3.55. The Morgan fingerprint density at radius 3 is 3.03 bits per heavy atom. The fourth-order valence-corrected chi connectivity index (χ4v) is 5.02. The summed E-state index contributed by atoms with van der Waals surface area (Å²) in [6.07, 6.45) is 5.06. The van der Waals surface area contributed by atoms with Crippen LogP contribution in [0.3, 0.4) is 0 Å². The predicted molar refractivity (Wildman–Crippen MR) is 120 cm³/mol. The molecule has 0 saturated carbocycles. The molecule has 0 atom stereocenters. The number of thioether (sulfide) groups is 1. The molecule has 0 aliphatic carbocycles. The molecule has 3 aromatic heterocycles. The van der Waals surface area contributed by atoms with Crippen molar-refractivity contribution in [3.63, 3.8) is 0 Å². The van der Waals surface area contributed by atoms with E-state index in [4.69, 9.17) is 4.52 Å². The first-order valence-electron chi connectivity index (χ1n) is 10.3. The lowest BCUT2D eigenvalue weighted by Gasteiger charge is -2.21. The molecule has 0 aromatic carbocycles. The van der Waals surface area contributed by atoms with Crippen molar-refractivity contribution in [1.82, 2.24) is 24.7 Å². The maximum absolute atomic E-state index is 12.7. The number of rotatable bonds is 8. The van der Waals surface area contributed by atoms with Gasteiger partial charge in [0.1, 0.15) is 0 Å². The quantitative estimate of drug-likeness (QED) is 0.528. The van der Waals surface area contributed by atoms with E-state index in [0.717, 1.165) is 62.0 Å². The van der Waals surface area contributed by atoms with Gasteiger partial charge >= 0.3 is 0 Å². The average molecular weight is 446 g/mol. The molecule has 0 spiro atoms. The summed E-state index contributed by atoms with van der Waals surface area (Å²) in [5, 5.41) is 10.5. The van der Waals surface area contributed by atoms with Gasteiger partial charge in [0.2, 0.25) is 5.91 Å². The lowest BCUT2D eigenvalue weighted by atomic mass is 10.3. The molecule has 0 unspecified atom stereocenters. The zero-order valence-corrected chi connectivity index (χ0v) is 18.8. The molecule has 0 radical (unpaired) electrons. The van der Waals surface area contributed by atoms with Crippen LogP contribution in [0.15, 0.2) is 40.5 Å². The van der Waals surface area contributed by atoms with Crippen LogP contribution in [0.4, 0.5) is 0 Å². The number of nitrogens with zero attached hydrogens (tertiary/aromatic N) is 5. The molecule has 0 N–H and O–H groups in total. The van der Waals surface area contributed by atoms with Crippen LogP contribution in [0.2, 0.25) is 0 Å². The van der Waals surface area contributed by atoms with Gasteiger partial charge in [0.05, 0.1) is 22.5 Å². The first-order valence-corrected chi connectivity index (χ1v) is 12.3. The third-order valence-corrected chi connectivity index (χ3v) is 6.99. The van der Waals surface area contributed by atoms with E-state index >= 15 is 0 Å². The van der Waals surface area contributed by atoms with E-state index in [1.807, 2.05) is 39.4 Å². The van der Waals surface area contributed by atoms with Gasteiger partial charge in [-0.25, -0.2) is 0 Å². The normalized spacial score (nSPS) is 15.4. The van der Waals surface area contributed by atoms with Gasteiger partial charge in [0.15, 0.2) is 5.76 Å². The summed E-state index contributed by atoms with van der Waals surface area (Å²) in [5.74, 6) is 2.17. The molecule has 4 heterocycles. The lowest BCUT2D eigenvalue weighted by molar-refractivity contribution is -0.128. The molecule has 0 bridgehead atoms. The number of aryl methyl sites for hydroxylation is 1. The van der Waals surface area contributed by atoms with Gasteiger partial charge in [-0.1, -0.05) is 11.2 Å². The van der Waals surface area contributed by atoms with Gasteiger partial charge in [-0.3, -0.25) is 14.4 Å². The highest BCUT2D eigenvalue weighted by Crippen LogP contribution is 2.26. The number of carbonyl (C=O) groups is 1. The second kappa shape index (κ2) is 10.3. The van der Waals surface area contributed by atoms with Crippen LogP contribution in [0, 0.1) is 0 Å². The van der Waals surface area contributed by atoms with Crippen LogP contribution in [-0.2, 0) is 23.6 Å². The summed E-state index contributed by atoms with van der Waals surface area (Å²) >= 11 is 3.23. The third-order valence-electron chi connectivity index (χ3n) is 5.16. The first-order chi connectivity index (χ1) is 14.7. The first kappa shape index (κ1) is 21.1. The van der Waals surface area contributed by atoms with Crippen LogP contribution in [0.1, 0.15) is 24.6 Å². The summed E-state index contributed by atoms with van der Waals surface area (Å²) in [7, 11) is 0. The lowest BCUT2D eigenvalue weighted by Crippen LogP contribution is -2.36.